The van der Waals surface area contributed by atoms with Gasteiger partial charge < -0.3 is 14.3 Å². The highest BCUT2D eigenvalue weighted by molar-refractivity contribution is 6.37. The quantitative estimate of drug-likeness (QED) is 0.372. The van der Waals surface area contributed by atoms with Crippen LogP contribution in [0.5, 0.6) is 0 Å². The number of hydrogen-bond acceptors (Lipinski definition) is 6. The fourth-order valence-corrected chi connectivity index (χ4v) is 3.42. The number of rotatable bonds is 12. The van der Waals surface area contributed by atoms with E-state index in [1.807, 2.05) is 18.2 Å². The fraction of sp³-hybridized carbons (Fsp3) is 0.625. The van der Waals surface area contributed by atoms with E-state index < -0.39 is 7.32 Å². The van der Waals surface area contributed by atoms with Crippen molar-refractivity contribution in [1.29, 1.82) is 0 Å². The second kappa shape index (κ2) is 9.76. The monoisotopic (exact) mass is 470 g/mol. The van der Waals surface area contributed by atoms with Gasteiger partial charge in [-0.1, -0.05) is 62.3 Å². The zero-order valence-corrected chi connectivity index (χ0v) is 22.1. The third-order valence-electron chi connectivity index (χ3n) is 7.12. The Morgan fingerprint density at radius 1 is 0.588 bits per heavy atom. The Balaban J connectivity index is 1.97. The molecular formula is C24H39BN6O3. The zero-order valence-electron chi connectivity index (χ0n) is 22.1. The summed E-state index contributed by atoms with van der Waals surface area (Å²) < 4.78 is 18.5. The van der Waals surface area contributed by atoms with Crippen LogP contribution in [-0.4, -0.2) is 37.2 Å². The molecule has 3 aromatic heterocycles. The molecule has 0 N–H and O–H groups in total. The van der Waals surface area contributed by atoms with Crippen molar-refractivity contribution in [3.05, 3.63) is 53.9 Å². The van der Waals surface area contributed by atoms with E-state index in [1.54, 1.807) is 18.6 Å². The SMILES string of the molecule is CCC(C)(C)c1ccnn1OB(On1nccc1C(C)(C)CC)On1nccc1C(C)(C)CC. The summed E-state index contributed by atoms with van der Waals surface area (Å²) in [7, 11) is -1.20. The molecule has 0 spiro atoms. The molecule has 0 atom stereocenters. The van der Waals surface area contributed by atoms with Gasteiger partial charge in [-0.25, -0.2) is 0 Å². The minimum atomic E-state index is -1.20. The normalized spacial score (nSPS) is 12.6. The van der Waals surface area contributed by atoms with E-state index in [1.165, 1.54) is 14.5 Å². The summed E-state index contributed by atoms with van der Waals surface area (Å²) in [5.41, 5.74) is 2.29. The van der Waals surface area contributed by atoms with Gasteiger partial charge in [-0.15, -0.1) is 29.8 Å². The molecule has 0 aliphatic carbocycles. The molecule has 34 heavy (non-hydrogen) atoms. The standard InChI is InChI=1S/C24H39BN6O3/c1-10-22(4,5)19-13-16-26-29(19)32-25(33-30-20(14-17-27-30)23(6,7)11-2)34-31-21(15-18-28-31)24(8,9)12-3/h13-18H,10-12H2,1-9H3. The number of hydrogen-bond donors (Lipinski definition) is 0. The van der Waals surface area contributed by atoms with Gasteiger partial charge in [-0.3, -0.25) is 0 Å². The molecule has 0 saturated carbocycles. The maximum atomic E-state index is 6.16. The predicted octanol–water partition coefficient (Wildman–Crippen LogP) is 4.01. The molecule has 0 aromatic carbocycles. The first kappa shape index (κ1) is 25.7. The Labute approximate surface area is 203 Å². The first-order chi connectivity index (χ1) is 15.9. The van der Waals surface area contributed by atoms with E-state index in [-0.39, 0.29) is 16.2 Å². The van der Waals surface area contributed by atoms with Crippen LogP contribution in [0, 0.1) is 0 Å². The predicted molar refractivity (Wildman–Crippen MR) is 132 cm³/mol. The van der Waals surface area contributed by atoms with Gasteiger partial charge in [0.25, 0.3) is 0 Å². The molecule has 0 fully saturated rings. The van der Waals surface area contributed by atoms with Crippen molar-refractivity contribution >= 4 is 7.32 Å². The summed E-state index contributed by atoms with van der Waals surface area (Å²) in [6.45, 7) is 19.3. The molecule has 0 aliphatic rings. The molecule has 0 aliphatic heterocycles. The average Bonchev–Trinajstić information content (AvgIpc) is 3.55. The first-order valence-electron chi connectivity index (χ1n) is 12.1. The lowest BCUT2D eigenvalue weighted by atomic mass is 9.87. The van der Waals surface area contributed by atoms with Crippen molar-refractivity contribution in [2.75, 3.05) is 0 Å². The number of nitrogens with zero attached hydrogens (tertiary/aromatic N) is 6. The van der Waals surface area contributed by atoms with E-state index in [0.29, 0.717) is 0 Å². The molecular weight excluding hydrogens is 431 g/mol. The molecule has 0 radical (unpaired) electrons. The molecule has 3 rings (SSSR count). The largest absolute Gasteiger partial charge is 0.929 e. The summed E-state index contributed by atoms with van der Waals surface area (Å²) in [5, 5.41) is 13.1. The summed E-state index contributed by atoms with van der Waals surface area (Å²) in [4.78, 5) is 4.41. The Hall–Kier alpha value is -2.91. The van der Waals surface area contributed by atoms with Gasteiger partial charge in [-0.05, 0) is 37.5 Å². The van der Waals surface area contributed by atoms with Crippen LogP contribution in [0.25, 0.3) is 0 Å². The molecule has 0 bridgehead atoms. The maximum absolute atomic E-state index is 6.16. The van der Waals surface area contributed by atoms with E-state index in [0.717, 1.165) is 36.3 Å². The molecule has 186 valence electrons. The second-order valence-corrected chi connectivity index (χ2v) is 10.6. The molecule has 0 saturated heterocycles. The highest BCUT2D eigenvalue weighted by atomic mass is 16.9. The lowest BCUT2D eigenvalue weighted by molar-refractivity contribution is 0.0273. The van der Waals surface area contributed by atoms with Gasteiger partial charge in [0.05, 0.1) is 35.7 Å². The van der Waals surface area contributed by atoms with Crippen LogP contribution in [0.1, 0.15) is 98.7 Å². The Morgan fingerprint density at radius 3 is 1.09 bits per heavy atom. The van der Waals surface area contributed by atoms with E-state index in [4.69, 9.17) is 14.3 Å². The van der Waals surface area contributed by atoms with Crippen LogP contribution in [0.2, 0.25) is 0 Å². The van der Waals surface area contributed by atoms with Crippen molar-refractivity contribution in [1.82, 2.24) is 29.8 Å². The van der Waals surface area contributed by atoms with Crippen LogP contribution in [0.15, 0.2) is 36.8 Å². The maximum Gasteiger partial charge on any atom is 0.929 e. The van der Waals surface area contributed by atoms with Gasteiger partial charge >= 0.3 is 7.32 Å². The summed E-state index contributed by atoms with van der Waals surface area (Å²) >= 11 is 0. The van der Waals surface area contributed by atoms with Crippen LogP contribution in [-0.2, 0) is 16.2 Å². The van der Waals surface area contributed by atoms with Crippen molar-refractivity contribution in [2.45, 2.75) is 97.8 Å². The minimum absolute atomic E-state index is 0.150. The number of aromatic nitrogens is 6. The van der Waals surface area contributed by atoms with Crippen LogP contribution in [0.4, 0.5) is 0 Å². The third-order valence-corrected chi connectivity index (χ3v) is 7.12. The van der Waals surface area contributed by atoms with E-state index in [2.05, 4.69) is 77.6 Å². The minimum Gasteiger partial charge on any atom is -0.380 e. The molecule has 0 unspecified atom stereocenters. The van der Waals surface area contributed by atoms with E-state index >= 15 is 0 Å². The van der Waals surface area contributed by atoms with Gasteiger partial charge in [0.2, 0.25) is 0 Å². The third kappa shape index (κ3) is 5.26. The lowest BCUT2D eigenvalue weighted by Gasteiger charge is -2.27. The highest BCUT2D eigenvalue weighted by Gasteiger charge is 2.39. The van der Waals surface area contributed by atoms with Gasteiger partial charge in [0, 0.05) is 16.2 Å². The van der Waals surface area contributed by atoms with Gasteiger partial charge in [0.15, 0.2) is 0 Å². The zero-order chi connectivity index (χ0) is 25.1. The molecule has 3 heterocycles. The van der Waals surface area contributed by atoms with Crippen molar-refractivity contribution in [2.24, 2.45) is 0 Å². The fourth-order valence-electron chi connectivity index (χ4n) is 3.42. The van der Waals surface area contributed by atoms with Crippen molar-refractivity contribution in [3.8, 4) is 0 Å². The molecule has 10 heteroatoms. The molecule has 9 nitrogen and oxygen atoms in total. The average molecular weight is 470 g/mol. The Morgan fingerprint density at radius 2 is 0.853 bits per heavy atom. The summed E-state index contributed by atoms with van der Waals surface area (Å²) in [6, 6.07) is 5.83. The van der Waals surface area contributed by atoms with E-state index in [9.17, 15) is 0 Å². The van der Waals surface area contributed by atoms with Gasteiger partial charge in [0.1, 0.15) is 0 Å². The lowest BCUT2D eigenvalue weighted by Crippen LogP contribution is -2.51. The Bertz CT molecular complexity index is 935. The highest BCUT2D eigenvalue weighted by Crippen LogP contribution is 2.28. The molecule has 0 amide bonds. The van der Waals surface area contributed by atoms with Crippen molar-refractivity contribution in [3.63, 3.8) is 0 Å². The van der Waals surface area contributed by atoms with Gasteiger partial charge in [-0.2, -0.15) is 0 Å². The summed E-state index contributed by atoms with van der Waals surface area (Å²) in [6.07, 6.45) is 7.87. The topological polar surface area (TPSA) is 81.1 Å². The second-order valence-electron chi connectivity index (χ2n) is 10.6. The first-order valence-corrected chi connectivity index (χ1v) is 12.1. The smallest absolute Gasteiger partial charge is 0.380 e. The summed E-state index contributed by atoms with van der Waals surface area (Å²) in [5.74, 6) is 0. The van der Waals surface area contributed by atoms with Crippen LogP contribution in [0.3, 0.4) is 0 Å². The van der Waals surface area contributed by atoms with Crippen LogP contribution < -0.4 is 14.3 Å². The van der Waals surface area contributed by atoms with Crippen LogP contribution >= 0.6 is 0 Å². The Kier molecular flexibility index (Phi) is 7.38. The molecule has 3 aromatic rings. The van der Waals surface area contributed by atoms with Crippen molar-refractivity contribution < 1.29 is 14.3 Å².